The number of rotatable bonds is 3. The fraction of sp³-hybridized carbons (Fsp3) is 0.312. The number of aromatic nitrogens is 2. The molecule has 3 rings (SSSR count). The molecule has 6 nitrogen and oxygen atoms in total. The number of carbonyl (C=O) groups excluding carboxylic acids is 1. The first kappa shape index (κ1) is 14.3. The highest BCUT2D eigenvalue weighted by molar-refractivity contribution is 5.92. The fourth-order valence-electron chi connectivity index (χ4n) is 2.80. The van der Waals surface area contributed by atoms with Crippen molar-refractivity contribution in [3.8, 4) is 0 Å². The van der Waals surface area contributed by atoms with E-state index in [1.165, 1.54) is 0 Å². The molecule has 1 atom stereocenters. The van der Waals surface area contributed by atoms with E-state index < -0.39 is 5.97 Å². The maximum absolute atomic E-state index is 12.3. The van der Waals surface area contributed by atoms with E-state index in [9.17, 15) is 9.59 Å². The van der Waals surface area contributed by atoms with Gasteiger partial charge in [0.15, 0.2) is 0 Å². The maximum atomic E-state index is 12.3. The first-order chi connectivity index (χ1) is 10.5. The Bertz CT molecular complexity index is 706. The number of carboxylic acids is 1. The summed E-state index contributed by atoms with van der Waals surface area (Å²) in [4.78, 5) is 25.0. The second-order valence-corrected chi connectivity index (χ2v) is 5.60. The normalized spacial score (nSPS) is 17.7. The highest BCUT2D eigenvalue weighted by Gasteiger charge is 2.29. The molecule has 2 aromatic rings. The number of benzene rings is 1. The summed E-state index contributed by atoms with van der Waals surface area (Å²) < 4.78 is 0. The SMILES string of the molecule is Cc1cc(C(=O)N2CC[C@H](c3ccc(C(=O)O)cc3)C2)n[nH]1. The van der Waals surface area contributed by atoms with Crippen LogP contribution in [0.5, 0.6) is 0 Å². The lowest BCUT2D eigenvalue weighted by atomic mass is 9.97. The molecule has 0 aliphatic carbocycles. The molecule has 1 fully saturated rings. The summed E-state index contributed by atoms with van der Waals surface area (Å²) in [7, 11) is 0. The predicted octanol–water partition coefficient (Wildman–Crippen LogP) is 2.05. The second kappa shape index (κ2) is 5.63. The smallest absolute Gasteiger partial charge is 0.335 e. The Morgan fingerprint density at radius 1 is 1.32 bits per heavy atom. The lowest BCUT2D eigenvalue weighted by Gasteiger charge is -2.15. The van der Waals surface area contributed by atoms with Crippen LogP contribution < -0.4 is 0 Å². The van der Waals surface area contributed by atoms with E-state index in [1.807, 2.05) is 19.1 Å². The average molecular weight is 299 g/mol. The van der Waals surface area contributed by atoms with Gasteiger partial charge in [-0.3, -0.25) is 9.89 Å². The van der Waals surface area contributed by atoms with Crippen molar-refractivity contribution in [2.24, 2.45) is 0 Å². The standard InChI is InChI=1S/C16H17N3O3/c1-10-8-14(18-17-10)15(20)19-7-6-13(9-19)11-2-4-12(5-3-11)16(21)22/h2-5,8,13H,6-7,9H2,1H3,(H,17,18)(H,21,22)/t13-/m0/s1. The molecule has 0 unspecified atom stereocenters. The van der Waals surface area contributed by atoms with E-state index in [0.717, 1.165) is 17.7 Å². The van der Waals surface area contributed by atoms with Crippen LogP contribution in [-0.4, -0.2) is 45.2 Å². The van der Waals surface area contributed by atoms with Gasteiger partial charge >= 0.3 is 5.97 Å². The van der Waals surface area contributed by atoms with Crippen LogP contribution in [0, 0.1) is 6.92 Å². The molecule has 114 valence electrons. The Kier molecular flexibility index (Phi) is 3.66. The van der Waals surface area contributed by atoms with Crippen LogP contribution in [0.2, 0.25) is 0 Å². The molecule has 6 heteroatoms. The quantitative estimate of drug-likeness (QED) is 0.908. The molecule has 22 heavy (non-hydrogen) atoms. The van der Waals surface area contributed by atoms with Crippen molar-refractivity contribution in [3.63, 3.8) is 0 Å². The molecule has 0 spiro atoms. The van der Waals surface area contributed by atoms with Crippen molar-refractivity contribution in [2.75, 3.05) is 13.1 Å². The zero-order valence-electron chi connectivity index (χ0n) is 12.2. The first-order valence-corrected chi connectivity index (χ1v) is 7.19. The largest absolute Gasteiger partial charge is 0.478 e. The Hall–Kier alpha value is -2.63. The zero-order chi connectivity index (χ0) is 15.7. The zero-order valence-corrected chi connectivity index (χ0v) is 12.2. The van der Waals surface area contributed by atoms with Crippen LogP contribution >= 0.6 is 0 Å². The van der Waals surface area contributed by atoms with Crippen LogP contribution in [-0.2, 0) is 0 Å². The van der Waals surface area contributed by atoms with Crippen molar-refractivity contribution in [3.05, 3.63) is 52.8 Å². The van der Waals surface area contributed by atoms with Gasteiger partial charge < -0.3 is 10.0 Å². The van der Waals surface area contributed by atoms with Gasteiger partial charge in [-0.1, -0.05) is 12.1 Å². The van der Waals surface area contributed by atoms with Crippen LogP contribution in [0.4, 0.5) is 0 Å². The molecule has 0 saturated carbocycles. The summed E-state index contributed by atoms with van der Waals surface area (Å²) >= 11 is 0. The number of carbonyl (C=O) groups is 2. The third kappa shape index (κ3) is 2.72. The number of likely N-dealkylation sites (tertiary alicyclic amines) is 1. The number of aromatic amines is 1. The van der Waals surface area contributed by atoms with E-state index in [-0.39, 0.29) is 17.4 Å². The number of hydrogen-bond donors (Lipinski definition) is 2. The van der Waals surface area contributed by atoms with Crippen LogP contribution in [0.15, 0.2) is 30.3 Å². The molecular formula is C16H17N3O3. The van der Waals surface area contributed by atoms with Gasteiger partial charge in [-0.2, -0.15) is 5.10 Å². The molecule has 1 aliphatic rings. The number of aryl methyl sites for hydroxylation is 1. The molecule has 0 radical (unpaired) electrons. The summed E-state index contributed by atoms with van der Waals surface area (Å²) in [5.41, 5.74) is 2.66. The summed E-state index contributed by atoms with van der Waals surface area (Å²) in [6.07, 6.45) is 0.877. The molecule has 2 heterocycles. The summed E-state index contributed by atoms with van der Waals surface area (Å²) in [5, 5.41) is 15.7. The van der Waals surface area contributed by atoms with Crippen molar-refractivity contribution < 1.29 is 14.7 Å². The molecule has 1 aromatic heterocycles. The highest BCUT2D eigenvalue weighted by atomic mass is 16.4. The molecule has 1 aliphatic heterocycles. The molecule has 1 amide bonds. The Labute approximate surface area is 127 Å². The highest BCUT2D eigenvalue weighted by Crippen LogP contribution is 2.28. The monoisotopic (exact) mass is 299 g/mol. The summed E-state index contributed by atoms with van der Waals surface area (Å²) in [6.45, 7) is 3.19. The fourth-order valence-corrected chi connectivity index (χ4v) is 2.80. The average Bonchev–Trinajstić information content (AvgIpc) is 3.15. The van der Waals surface area contributed by atoms with E-state index >= 15 is 0 Å². The Morgan fingerprint density at radius 3 is 2.64 bits per heavy atom. The first-order valence-electron chi connectivity index (χ1n) is 7.19. The minimum absolute atomic E-state index is 0.0611. The van der Waals surface area contributed by atoms with E-state index in [1.54, 1.807) is 23.1 Å². The van der Waals surface area contributed by atoms with Crippen LogP contribution in [0.1, 0.15) is 44.4 Å². The topological polar surface area (TPSA) is 86.3 Å². The number of amides is 1. The van der Waals surface area contributed by atoms with E-state index in [2.05, 4.69) is 10.2 Å². The third-order valence-corrected chi connectivity index (χ3v) is 4.03. The number of nitrogens with one attached hydrogen (secondary N) is 1. The summed E-state index contributed by atoms with van der Waals surface area (Å²) in [6, 6.07) is 8.64. The number of carboxylic acid groups (broad SMARTS) is 1. The maximum Gasteiger partial charge on any atom is 0.335 e. The van der Waals surface area contributed by atoms with Crippen molar-refractivity contribution in [1.29, 1.82) is 0 Å². The van der Waals surface area contributed by atoms with Gasteiger partial charge in [0.05, 0.1) is 5.56 Å². The van der Waals surface area contributed by atoms with Gasteiger partial charge in [0.2, 0.25) is 0 Å². The lowest BCUT2D eigenvalue weighted by Crippen LogP contribution is -2.28. The second-order valence-electron chi connectivity index (χ2n) is 5.60. The predicted molar refractivity (Wildman–Crippen MR) is 80.0 cm³/mol. The number of H-pyrrole nitrogens is 1. The lowest BCUT2D eigenvalue weighted by molar-refractivity contribution is 0.0696. The Balaban J connectivity index is 1.69. The van der Waals surface area contributed by atoms with E-state index in [0.29, 0.717) is 18.8 Å². The molecule has 0 bridgehead atoms. The van der Waals surface area contributed by atoms with Gasteiger partial charge in [0.1, 0.15) is 5.69 Å². The minimum Gasteiger partial charge on any atom is -0.478 e. The minimum atomic E-state index is -0.927. The van der Waals surface area contributed by atoms with E-state index in [4.69, 9.17) is 5.11 Å². The van der Waals surface area contributed by atoms with Gasteiger partial charge in [-0.15, -0.1) is 0 Å². The molecule has 1 saturated heterocycles. The van der Waals surface area contributed by atoms with Gasteiger partial charge in [0, 0.05) is 24.7 Å². The van der Waals surface area contributed by atoms with Crippen molar-refractivity contribution >= 4 is 11.9 Å². The van der Waals surface area contributed by atoms with Crippen LogP contribution in [0.3, 0.4) is 0 Å². The number of hydrogen-bond acceptors (Lipinski definition) is 3. The molecule has 2 N–H and O–H groups in total. The van der Waals surface area contributed by atoms with Crippen LogP contribution in [0.25, 0.3) is 0 Å². The number of aromatic carboxylic acids is 1. The van der Waals surface area contributed by atoms with Gasteiger partial charge in [-0.05, 0) is 37.1 Å². The van der Waals surface area contributed by atoms with Crippen molar-refractivity contribution in [1.82, 2.24) is 15.1 Å². The summed E-state index contributed by atoms with van der Waals surface area (Å²) in [5.74, 6) is -0.746. The Morgan fingerprint density at radius 2 is 2.05 bits per heavy atom. The van der Waals surface area contributed by atoms with Gasteiger partial charge in [0.25, 0.3) is 5.91 Å². The number of nitrogens with zero attached hydrogens (tertiary/aromatic N) is 2. The molecule has 1 aromatic carbocycles. The molecular weight excluding hydrogens is 282 g/mol. The van der Waals surface area contributed by atoms with Crippen molar-refractivity contribution in [2.45, 2.75) is 19.3 Å². The van der Waals surface area contributed by atoms with Gasteiger partial charge in [-0.25, -0.2) is 4.79 Å². The third-order valence-electron chi connectivity index (χ3n) is 4.03.